The zero-order valence-corrected chi connectivity index (χ0v) is 13.0. The van der Waals surface area contributed by atoms with Crippen molar-refractivity contribution in [3.05, 3.63) is 30.3 Å². The summed E-state index contributed by atoms with van der Waals surface area (Å²) in [6.45, 7) is 5.15. The fourth-order valence-corrected chi connectivity index (χ4v) is 2.75. The van der Waals surface area contributed by atoms with Gasteiger partial charge in [0.15, 0.2) is 0 Å². The highest BCUT2D eigenvalue weighted by Gasteiger charge is 2.32. The molecular weight excluding hydrogens is 266 g/mol. The summed E-state index contributed by atoms with van der Waals surface area (Å²) in [4.78, 5) is 0. The third kappa shape index (κ3) is 5.65. The molecule has 0 atom stereocenters. The molecule has 1 aromatic carbocycles. The van der Waals surface area contributed by atoms with Gasteiger partial charge in [0.25, 0.3) is 0 Å². The van der Waals surface area contributed by atoms with Crippen molar-refractivity contribution in [3.8, 4) is 5.75 Å². The molecule has 0 radical (unpaired) electrons. The standard InChI is InChI=1S/C17H27NO3/c1-19-14-10-18-15-17(7-11-20-12-8-17)9-13-21-16-5-3-2-4-6-16/h2-6,18H,7-15H2,1H3. The summed E-state index contributed by atoms with van der Waals surface area (Å²) in [5, 5.41) is 3.51. The van der Waals surface area contributed by atoms with Crippen molar-refractivity contribution in [2.24, 2.45) is 5.41 Å². The molecular formula is C17H27NO3. The summed E-state index contributed by atoms with van der Waals surface area (Å²) >= 11 is 0. The van der Waals surface area contributed by atoms with Gasteiger partial charge in [-0.2, -0.15) is 0 Å². The molecule has 0 aliphatic carbocycles. The summed E-state index contributed by atoms with van der Waals surface area (Å²) in [6.07, 6.45) is 3.27. The van der Waals surface area contributed by atoms with Crippen LogP contribution in [0, 0.1) is 5.41 Å². The van der Waals surface area contributed by atoms with Gasteiger partial charge in [-0.1, -0.05) is 18.2 Å². The minimum absolute atomic E-state index is 0.292. The van der Waals surface area contributed by atoms with Gasteiger partial charge in [-0.3, -0.25) is 0 Å². The Kier molecular flexibility index (Phi) is 7.00. The summed E-state index contributed by atoms with van der Waals surface area (Å²) in [5.74, 6) is 0.951. The van der Waals surface area contributed by atoms with Crippen LogP contribution in [0.4, 0.5) is 0 Å². The zero-order valence-electron chi connectivity index (χ0n) is 13.0. The molecule has 118 valence electrons. The highest BCUT2D eigenvalue weighted by molar-refractivity contribution is 5.20. The third-order valence-corrected chi connectivity index (χ3v) is 4.18. The molecule has 4 heteroatoms. The number of ether oxygens (including phenoxy) is 3. The molecule has 2 rings (SSSR count). The Balaban J connectivity index is 1.78. The molecule has 0 saturated carbocycles. The summed E-state index contributed by atoms with van der Waals surface area (Å²) in [7, 11) is 1.74. The van der Waals surface area contributed by atoms with E-state index in [2.05, 4.69) is 5.32 Å². The number of hydrogen-bond donors (Lipinski definition) is 1. The lowest BCUT2D eigenvalue weighted by Crippen LogP contribution is -2.41. The molecule has 4 nitrogen and oxygen atoms in total. The van der Waals surface area contributed by atoms with Gasteiger partial charge >= 0.3 is 0 Å². The van der Waals surface area contributed by atoms with E-state index in [0.717, 1.165) is 64.5 Å². The summed E-state index contributed by atoms with van der Waals surface area (Å²) in [6, 6.07) is 10.0. The second-order valence-electron chi connectivity index (χ2n) is 5.69. The van der Waals surface area contributed by atoms with Crippen LogP contribution in [0.5, 0.6) is 5.75 Å². The maximum Gasteiger partial charge on any atom is 0.119 e. The molecule has 1 saturated heterocycles. The van der Waals surface area contributed by atoms with E-state index >= 15 is 0 Å². The monoisotopic (exact) mass is 293 g/mol. The predicted molar refractivity (Wildman–Crippen MR) is 83.8 cm³/mol. The fourth-order valence-electron chi connectivity index (χ4n) is 2.75. The lowest BCUT2D eigenvalue weighted by Gasteiger charge is -2.37. The molecule has 1 aliphatic heterocycles. The molecule has 0 spiro atoms. The lowest BCUT2D eigenvalue weighted by molar-refractivity contribution is 0.00369. The fraction of sp³-hybridized carbons (Fsp3) is 0.647. The van der Waals surface area contributed by atoms with Crippen molar-refractivity contribution in [3.63, 3.8) is 0 Å². The van der Waals surface area contributed by atoms with Crippen LogP contribution in [-0.4, -0.2) is 46.6 Å². The largest absolute Gasteiger partial charge is 0.494 e. The molecule has 21 heavy (non-hydrogen) atoms. The number of methoxy groups -OCH3 is 1. The van der Waals surface area contributed by atoms with Crippen molar-refractivity contribution < 1.29 is 14.2 Å². The highest BCUT2D eigenvalue weighted by Crippen LogP contribution is 2.33. The number of hydrogen-bond acceptors (Lipinski definition) is 4. The van der Waals surface area contributed by atoms with E-state index in [1.165, 1.54) is 0 Å². The topological polar surface area (TPSA) is 39.7 Å². The van der Waals surface area contributed by atoms with Gasteiger partial charge < -0.3 is 19.5 Å². The molecule has 1 aromatic rings. The van der Waals surface area contributed by atoms with Crippen molar-refractivity contribution in [1.82, 2.24) is 5.32 Å². The first-order chi connectivity index (χ1) is 10.3. The Labute approximate surface area is 127 Å². The number of benzene rings is 1. The van der Waals surface area contributed by atoms with E-state index < -0.39 is 0 Å². The van der Waals surface area contributed by atoms with E-state index in [-0.39, 0.29) is 0 Å². The number of para-hydroxylation sites is 1. The molecule has 0 aromatic heterocycles. The highest BCUT2D eigenvalue weighted by atomic mass is 16.5. The maximum absolute atomic E-state index is 5.87. The average molecular weight is 293 g/mol. The van der Waals surface area contributed by atoms with Crippen molar-refractivity contribution >= 4 is 0 Å². The Morgan fingerprint density at radius 1 is 1.14 bits per heavy atom. The van der Waals surface area contributed by atoms with E-state index in [1.807, 2.05) is 30.3 Å². The van der Waals surface area contributed by atoms with Crippen molar-refractivity contribution in [1.29, 1.82) is 0 Å². The lowest BCUT2D eigenvalue weighted by atomic mass is 9.77. The summed E-state index contributed by atoms with van der Waals surface area (Å²) in [5.41, 5.74) is 0.292. The SMILES string of the molecule is COCCNCC1(CCOc2ccccc2)CCOCC1. The molecule has 1 fully saturated rings. The van der Waals surface area contributed by atoms with E-state index in [9.17, 15) is 0 Å². The average Bonchev–Trinajstić information content (AvgIpc) is 2.54. The molecule has 1 aliphatic rings. The third-order valence-electron chi connectivity index (χ3n) is 4.18. The quantitative estimate of drug-likeness (QED) is 0.710. The Bertz CT molecular complexity index is 377. The van der Waals surface area contributed by atoms with Crippen LogP contribution in [0.25, 0.3) is 0 Å². The first kappa shape index (κ1) is 16.3. The van der Waals surface area contributed by atoms with Crippen LogP contribution < -0.4 is 10.1 Å². The van der Waals surface area contributed by atoms with Crippen LogP contribution in [-0.2, 0) is 9.47 Å². The maximum atomic E-state index is 5.87. The minimum Gasteiger partial charge on any atom is -0.494 e. The Morgan fingerprint density at radius 3 is 2.62 bits per heavy atom. The molecule has 0 unspecified atom stereocenters. The smallest absolute Gasteiger partial charge is 0.119 e. The van der Waals surface area contributed by atoms with Gasteiger partial charge in [-0.05, 0) is 36.8 Å². The summed E-state index contributed by atoms with van der Waals surface area (Å²) < 4.78 is 16.5. The van der Waals surface area contributed by atoms with Crippen LogP contribution >= 0.6 is 0 Å². The van der Waals surface area contributed by atoms with Crippen LogP contribution in [0.2, 0.25) is 0 Å². The van der Waals surface area contributed by atoms with Gasteiger partial charge in [-0.15, -0.1) is 0 Å². The van der Waals surface area contributed by atoms with Crippen molar-refractivity contribution in [2.45, 2.75) is 19.3 Å². The van der Waals surface area contributed by atoms with E-state index in [4.69, 9.17) is 14.2 Å². The first-order valence-electron chi connectivity index (χ1n) is 7.80. The molecule has 0 amide bonds. The van der Waals surface area contributed by atoms with Gasteiger partial charge in [-0.25, -0.2) is 0 Å². The molecule has 1 heterocycles. The van der Waals surface area contributed by atoms with Gasteiger partial charge in [0.05, 0.1) is 13.2 Å². The Morgan fingerprint density at radius 2 is 1.90 bits per heavy atom. The van der Waals surface area contributed by atoms with E-state index in [0.29, 0.717) is 5.41 Å². The second-order valence-corrected chi connectivity index (χ2v) is 5.69. The van der Waals surface area contributed by atoms with Gasteiger partial charge in [0.2, 0.25) is 0 Å². The minimum atomic E-state index is 0.292. The Hall–Kier alpha value is -1.10. The number of nitrogens with one attached hydrogen (secondary N) is 1. The van der Waals surface area contributed by atoms with Crippen molar-refractivity contribution in [2.75, 3.05) is 46.6 Å². The predicted octanol–water partition coefficient (Wildman–Crippen LogP) is 2.49. The molecule has 0 bridgehead atoms. The van der Waals surface area contributed by atoms with Crippen LogP contribution in [0.1, 0.15) is 19.3 Å². The normalized spacial score (nSPS) is 17.6. The first-order valence-corrected chi connectivity index (χ1v) is 7.80. The van der Waals surface area contributed by atoms with Crippen LogP contribution in [0.15, 0.2) is 30.3 Å². The zero-order chi connectivity index (χ0) is 14.8. The second kappa shape index (κ2) is 9.03. The van der Waals surface area contributed by atoms with E-state index in [1.54, 1.807) is 7.11 Å². The van der Waals surface area contributed by atoms with Crippen LogP contribution in [0.3, 0.4) is 0 Å². The van der Waals surface area contributed by atoms with Gasteiger partial charge in [0.1, 0.15) is 5.75 Å². The number of rotatable bonds is 9. The van der Waals surface area contributed by atoms with Gasteiger partial charge in [0, 0.05) is 33.4 Å². The molecule has 1 N–H and O–H groups in total.